The number of hydrogen-bond acceptors (Lipinski definition) is 5. The Morgan fingerprint density at radius 1 is 1.53 bits per heavy atom. The highest BCUT2D eigenvalue weighted by atomic mass is 16.4. The summed E-state index contributed by atoms with van der Waals surface area (Å²) in [4.78, 5) is 28.5. The normalized spacial score (nSPS) is 10.1. The van der Waals surface area contributed by atoms with E-state index in [1.807, 2.05) is 0 Å². The van der Waals surface area contributed by atoms with Crippen LogP contribution in [0.4, 0.5) is 5.95 Å². The van der Waals surface area contributed by atoms with Crippen LogP contribution in [0.1, 0.15) is 10.5 Å². The Hall–Kier alpha value is -2.71. The lowest BCUT2D eigenvalue weighted by Gasteiger charge is -2.00. The summed E-state index contributed by atoms with van der Waals surface area (Å²) in [6, 6.07) is 0. The van der Waals surface area contributed by atoms with Crippen LogP contribution in [0.25, 0.3) is 0 Å². The lowest BCUT2D eigenvalue weighted by molar-refractivity contribution is -0.117. The molecule has 1 amide bonds. The topological polar surface area (TPSA) is 126 Å². The third kappa shape index (κ3) is 2.65. The van der Waals surface area contributed by atoms with E-state index in [0.29, 0.717) is 5.95 Å². The smallest absolute Gasteiger partial charge is 0.358 e. The maximum Gasteiger partial charge on any atom is 0.358 e. The molecule has 3 N–H and O–H groups in total. The molecule has 17 heavy (non-hydrogen) atoms. The van der Waals surface area contributed by atoms with Gasteiger partial charge in [-0.15, -0.1) is 5.10 Å². The summed E-state index contributed by atoms with van der Waals surface area (Å²) in [5.74, 6) is -1.27. The summed E-state index contributed by atoms with van der Waals surface area (Å²) in [5, 5.41) is 18.0. The van der Waals surface area contributed by atoms with Crippen molar-refractivity contribution in [1.82, 2.24) is 25.0 Å². The highest BCUT2D eigenvalue weighted by Gasteiger charge is 2.11. The van der Waals surface area contributed by atoms with Crippen LogP contribution in [-0.2, 0) is 11.3 Å². The van der Waals surface area contributed by atoms with Crippen molar-refractivity contribution < 1.29 is 14.7 Å². The van der Waals surface area contributed by atoms with Crippen LogP contribution in [0.5, 0.6) is 0 Å². The van der Waals surface area contributed by atoms with Crippen molar-refractivity contribution in [2.24, 2.45) is 0 Å². The van der Waals surface area contributed by atoms with Crippen LogP contribution in [0, 0.1) is 0 Å². The first-order chi connectivity index (χ1) is 8.15. The van der Waals surface area contributed by atoms with Crippen LogP contribution >= 0.6 is 0 Å². The van der Waals surface area contributed by atoms with Gasteiger partial charge in [0.15, 0.2) is 5.69 Å². The van der Waals surface area contributed by atoms with Gasteiger partial charge >= 0.3 is 5.97 Å². The van der Waals surface area contributed by atoms with E-state index in [1.54, 1.807) is 6.20 Å². The van der Waals surface area contributed by atoms with Gasteiger partial charge in [0, 0.05) is 12.4 Å². The largest absolute Gasteiger partial charge is 0.476 e. The van der Waals surface area contributed by atoms with E-state index in [0.717, 1.165) is 4.68 Å². The van der Waals surface area contributed by atoms with Crippen LogP contribution in [-0.4, -0.2) is 41.9 Å². The molecule has 2 rings (SSSR count). The molecule has 9 heteroatoms. The summed E-state index contributed by atoms with van der Waals surface area (Å²) in [5.41, 5.74) is -0.212. The van der Waals surface area contributed by atoms with Gasteiger partial charge in [0.05, 0.1) is 6.20 Å². The number of hydrogen-bond donors (Lipinski definition) is 3. The first kappa shape index (κ1) is 10.8. The van der Waals surface area contributed by atoms with E-state index in [-0.39, 0.29) is 18.1 Å². The highest BCUT2D eigenvalue weighted by Crippen LogP contribution is 1.97. The lowest BCUT2D eigenvalue weighted by Crippen LogP contribution is -2.19. The van der Waals surface area contributed by atoms with E-state index >= 15 is 0 Å². The Bertz CT molecular complexity index is 531. The zero-order chi connectivity index (χ0) is 12.3. The number of anilines is 1. The molecule has 9 nitrogen and oxygen atoms in total. The number of carboxylic acids is 1. The van der Waals surface area contributed by atoms with Gasteiger partial charge in [-0.05, 0) is 0 Å². The van der Waals surface area contributed by atoms with Crippen LogP contribution in [0.15, 0.2) is 18.6 Å². The number of carbonyl (C=O) groups excluding carboxylic acids is 1. The number of rotatable bonds is 4. The second-order valence-electron chi connectivity index (χ2n) is 3.09. The summed E-state index contributed by atoms with van der Waals surface area (Å²) in [6.07, 6.45) is 4.23. The molecule has 0 aliphatic heterocycles. The highest BCUT2D eigenvalue weighted by molar-refractivity contribution is 5.89. The Balaban J connectivity index is 1.96. The van der Waals surface area contributed by atoms with Crippen molar-refractivity contribution in [3.05, 3.63) is 24.3 Å². The molecule has 0 aliphatic carbocycles. The van der Waals surface area contributed by atoms with E-state index < -0.39 is 5.97 Å². The Labute approximate surface area is 94.5 Å². The van der Waals surface area contributed by atoms with Gasteiger partial charge in [0.1, 0.15) is 6.54 Å². The van der Waals surface area contributed by atoms with Crippen molar-refractivity contribution in [1.29, 1.82) is 0 Å². The molecule has 0 unspecified atom stereocenters. The molecule has 0 aromatic carbocycles. The van der Waals surface area contributed by atoms with Crippen LogP contribution in [0.2, 0.25) is 0 Å². The molecule has 0 radical (unpaired) electrons. The van der Waals surface area contributed by atoms with E-state index in [1.165, 1.54) is 12.4 Å². The monoisotopic (exact) mass is 236 g/mol. The summed E-state index contributed by atoms with van der Waals surface area (Å²) in [6.45, 7) is -0.138. The average molecular weight is 236 g/mol. The SMILES string of the molecule is O=C(Cn1cc(C(=O)O)nn1)Nc1ncc[nH]1. The molecular formula is C8H8N6O3. The fourth-order valence-corrected chi connectivity index (χ4v) is 1.13. The zero-order valence-corrected chi connectivity index (χ0v) is 8.49. The molecule has 0 saturated heterocycles. The van der Waals surface area contributed by atoms with Gasteiger partial charge in [-0.1, -0.05) is 5.21 Å². The minimum absolute atomic E-state index is 0.138. The van der Waals surface area contributed by atoms with Gasteiger partial charge < -0.3 is 10.1 Å². The molecule has 88 valence electrons. The van der Waals surface area contributed by atoms with Crippen molar-refractivity contribution in [3.63, 3.8) is 0 Å². The third-order valence-corrected chi connectivity index (χ3v) is 1.82. The summed E-state index contributed by atoms with van der Waals surface area (Å²) >= 11 is 0. The number of nitrogens with one attached hydrogen (secondary N) is 2. The quantitative estimate of drug-likeness (QED) is 0.646. The number of carbonyl (C=O) groups is 2. The molecule has 0 bridgehead atoms. The first-order valence-corrected chi connectivity index (χ1v) is 4.58. The van der Waals surface area contributed by atoms with Crippen molar-refractivity contribution in [2.45, 2.75) is 6.54 Å². The minimum atomic E-state index is -1.19. The second kappa shape index (κ2) is 4.43. The fourth-order valence-electron chi connectivity index (χ4n) is 1.13. The second-order valence-corrected chi connectivity index (χ2v) is 3.09. The van der Waals surface area contributed by atoms with E-state index in [2.05, 4.69) is 25.6 Å². The fraction of sp³-hybridized carbons (Fsp3) is 0.125. The van der Waals surface area contributed by atoms with Gasteiger partial charge in [0.25, 0.3) is 0 Å². The minimum Gasteiger partial charge on any atom is -0.476 e. The molecule has 0 spiro atoms. The van der Waals surface area contributed by atoms with Crippen LogP contribution in [0.3, 0.4) is 0 Å². The van der Waals surface area contributed by atoms with Gasteiger partial charge in [-0.25, -0.2) is 14.5 Å². The number of aromatic nitrogens is 5. The van der Waals surface area contributed by atoms with Gasteiger partial charge in [-0.3, -0.25) is 10.1 Å². The maximum absolute atomic E-state index is 11.5. The third-order valence-electron chi connectivity index (χ3n) is 1.82. The number of aromatic carboxylic acids is 1. The summed E-state index contributed by atoms with van der Waals surface area (Å²) < 4.78 is 1.13. The average Bonchev–Trinajstić information content (AvgIpc) is 2.88. The zero-order valence-electron chi connectivity index (χ0n) is 8.49. The van der Waals surface area contributed by atoms with E-state index in [9.17, 15) is 9.59 Å². The maximum atomic E-state index is 11.5. The standard InChI is InChI=1S/C8H8N6O3/c15-6(11-8-9-1-2-10-8)4-14-3-5(7(16)17)12-13-14/h1-3H,4H2,(H,16,17)(H2,9,10,11,15). The Kier molecular flexibility index (Phi) is 2.81. The predicted molar refractivity (Wildman–Crippen MR) is 54.2 cm³/mol. The molecule has 0 saturated carbocycles. The van der Waals surface area contributed by atoms with Gasteiger partial charge in [-0.2, -0.15) is 0 Å². The lowest BCUT2D eigenvalue weighted by atomic mass is 10.5. The molecule has 2 aromatic heterocycles. The van der Waals surface area contributed by atoms with Crippen LogP contribution < -0.4 is 5.32 Å². The predicted octanol–water partition coefficient (Wildman–Crippen LogP) is -0.662. The molecule has 2 aromatic rings. The molecule has 0 fully saturated rings. The number of carboxylic acid groups (broad SMARTS) is 1. The molecule has 2 heterocycles. The number of H-pyrrole nitrogens is 1. The van der Waals surface area contributed by atoms with Crippen molar-refractivity contribution in [3.8, 4) is 0 Å². The van der Waals surface area contributed by atoms with Gasteiger partial charge in [0.2, 0.25) is 11.9 Å². The molecule has 0 atom stereocenters. The van der Waals surface area contributed by atoms with Crippen molar-refractivity contribution in [2.75, 3.05) is 5.32 Å². The molecule has 0 aliphatic rings. The summed E-state index contributed by atoms with van der Waals surface area (Å²) in [7, 11) is 0. The number of amides is 1. The van der Waals surface area contributed by atoms with E-state index in [4.69, 9.17) is 5.11 Å². The number of nitrogens with zero attached hydrogens (tertiary/aromatic N) is 4. The number of aromatic amines is 1. The first-order valence-electron chi connectivity index (χ1n) is 4.58. The van der Waals surface area contributed by atoms with Crippen molar-refractivity contribution >= 4 is 17.8 Å². The Morgan fingerprint density at radius 2 is 2.35 bits per heavy atom. The number of imidazole rings is 1. The molecular weight excluding hydrogens is 228 g/mol. The Morgan fingerprint density at radius 3 is 2.94 bits per heavy atom.